The summed E-state index contributed by atoms with van der Waals surface area (Å²) < 4.78 is 7.91. The minimum absolute atomic E-state index is 0.0175. The first-order chi connectivity index (χ1) is 17.0. The number of likely N-dealkylation sites (tertiary alicyclic amines) is 1. The molecule has 4 aromatic rings. The van der Waals surface area contributed by atoms with E-state index in [0.717, 1.165) is 46.9 Å². The summed E-state index contributed by atoms with van der Waals surface area (Å²) in [6.45, 7) is 4.83. The normalized spacial score (nSPS) is 16.0. The first-order valence-electron chi connectivity index (χ1n) is 12.0. The highest BCUT2D eigenvalue weighted by molar-refractivity contribution is 5.89. The number of amides is 1. The van der Waals surface area contributed by atoms with Crippen LogP contribution in [-0.2, 0) is 4.79 Å². The fourth-order valence-corrected chi connectivity index (χ4v) is 4.50. The summed E-state index contributed by atoms with van der Waals surface area (Å²) in [5, 5.41) is 0. The lowest BCUT2D eigenvalue weighted by molar-refractivity contribution is -0.127. The topological polar surface area (TPSA) is 85.8 Å². The third-order valence-corrected chi connectivity index (χ3v) is 6.17. The molecule has 3 heterocycles. The average Bonchev–Trinajstić information content (AvgIpc) is 3.49. The van der Waals surface area contributed by atoms with Gasteiger partial charge in [-0.2, -0.15) is 0 Å². The van der Waals surface area contributed by atoms with Gasteiger partial charge < -0.3 is 15.4 Å². The second-order valence-corrected chi connectivity index (χ2v) is 9.08. The Morgan fingerprint density at radius 2 is 1.86 bits per heavy atom. The molecule has 0 spiro atoms. The van der Waals surface area contributed by atoms with Crippen molar-refractivity contribution in [3.8, 4) is 22.8 Å². The molecule has 1 atom stereocenters. The Kier molecular flexibility index (Phi) is 6.23. The van der Waals surface area contributed by atoms with Gasteiger partial charge in [-0.3, -0.25) is 9.20 Å². The molecule has 1 amide bonds. The van der Waals surface area contributed by atoms with Crippen LogP contribution in [-0.4, -0.2) is 31.7 Å². The summed E-state index contributed by atoms with van der Waals surface area (Å²) in [7, 11) is 0. The molecule has 2 N–H and O–H groups in total. The number of benzene rings is 2. The zero-order valence-corrected chi connectivity index (χ0v) is 20.0. The van der Waals surface area contributed by atoms with Crippen molar-refractivity contribution in [2.45, 2.75) is 32.7 Å². The van der Waals surface area contributed by atoms with Crippen LogP contribution in [0.1, 0.15) is 38.6 Å². The van der Waals surface area contributed by atoms with Crippen molar-refractivity contribution >= 4 is 17.2 Å². The molecule has 0 bridgehead atoms. The van der Waals surface area contributed by atoms with E-state index in [9.17, 15) is 4.79 Å². The van der Waals surface area contributed by atoms with E-state index in [-0.39, 0.29) is 11.9 Å². The highest BCUT2D eigenvalue weighted by Gasteiger charge is 2.33. The predicted octanol–water partition coefficient (Wildman–Crippen LogP) is 5.65. The minimum atomic E-state index is -0.122. The van der Waals surface area contributed by atoms with Gasteiger partial charge in [0.15, 0.2) is 0 Å². The number of aromatic nitrogens is 3. The number of nitrogen functional groups attached to an aromatic ring is 1. The molecule has 178 valence electrons. The maximum absolute atomic E-state index is 13.0. The number of fused-ring (bicyclic) bond motifs is 1. The second-order valence-electron chi connectivity index (χ2n) is 9.08. The summed E-state index contributed by atoms with van der Waals surface area (Å²) in [5.74, 6) is 3.06. The standard InChI is InChI=1S/C28H29N5O2/c1-19(2)10-15-24(34)32-17-6-9-23(32)28-31-25(26-27(29)30-16-18-33(26)28)20-11-13-22(14-12-20)35-21-7-4-3-5-8-21/h3-5,7-8,10-16,18-19,23H,6,9,17H2,1-2H3,(H2,29,30)/b15-10+/t23-/m0/s1. The molecule has 1 aliphatic rings. The Morgan fingerprint density at radius 1 is 1.11 bits per heavy atom. The Bertz CT molecular complexity index is 1360. The molecule has 0 aliphatic carbocycles. The van der Waals surface area contributed by atoms with Gasteiger partial charge in [-0.25, -0.2) is 9.97 Å². The quantitative estimate of drug-likeness (QED) is 0.371. The van der Waals surface area contributed by atoms with Crippen LogP contribution in [0.15, 0.2) is 79.1 Å². The maximum atomic E-state index is 13.0. The van der Waals surface area contributed by atoms with Crippen LogP contribution in [0.25, 0.3) is 16.8 Å². The lowest BCUT2D eigenvalue weighted by atomic mass is 10.1. The molecule has 7 heteroatoms. The lowest BCUT2D eigenvalue weighted by Gasteiger charge is -2.22. The van der Waals surface area contributed by atoms with E-state index < -0.39 is 0 Å². The third kappa shape index (κ3) is 4.62. The summed E-state index contributed by atoms with van der Waals surface area (Å²) in [5.41, 5.74) is 8.72. The molecular weight excluding hydrogens is 438 g/mol. The molecule has 1 aliphatic heterocycles. The molecule has 0 radical (unpaired) electrons. The van der Waals surface area contributed by atoms with Gasteiger partial charge in [0, 0.05) is 24.5 Å². The SMILES string of the molecule is CC(C)/C=C/C(=O)N1CCC[C@H]1c1nc(-c2ccc(Oc3ccccc3)cc2)c2c(N)nccn12. The monoisotopic (exact) mass is 467 g/mol. The number of rotatable bonds is 6. The van der Waals surface area contributed by atoms with Gasteiger partial charge in [-0.15, -0.1) is 0 Å². The van der Waals surface area contributed by atoms with Gasteiger partial charge in [-0.1, -0.05) is 38.1 Å². The van der Waals surface area contributed by atoms with E-state index in [2.05, 4.69) is 18.8 Å². The zero-order chi connectivity index (χ0) is 24.4. The maximum Gasteiger partial charge on any atom is 0.246 e. The first-order valence-corrected chi connectivity index (χ1v) is 12.0. The smallest absolute Gasteiger partial charge is 0.246 e. The lowest BCUT2D eigenvalue weighted by Crippen LogP contribution is -2.30. The molecule has 35 heavy (non-hydrogen) atoms. The van der Waals surface area contributed by atoms with Crippen molar-refractivity contribution in [2.24, 2.45) is 5.92 Å². The minimum Gasteiger partial charge on any atom is -0.457 e. The highest BCUT2D eigenvalue weighted by Crippen LogP contribution is 2.37. The summed E-state index contributed by atoms with van der Waals surface area (Å²) in [6, 6.07) is 17.3. The number of imidazole rings is 1. The molecule has 2 aromatic heterocycles. The van der Waals surface area contributed by atoms with E-state index in [0.29, 0.717) is 18.3 Å². The Labute approximate surface area is 204 Å². The van der Waals surface area contributed by atoms with E-state index in [1.807, 2.05) is 76.2 Å². The summed E-state index contributed by atoms with van der Waals surface area (Å²) >= 11 is 0. The molecule has 7 nitrogen and oxygen atoms in total. The van der Waals surface area contributed by atoms with E-state index in [1.54, 1.807) is 12.3 Å². The van der Waals surface area contributed by atoms with Gasteiger partial charge in [-0.05, 0) is 61.2 Å². The number of anilines is 1. The molecule has 0 unspecified atom stereocenters. The van der Waals surface area contributed by atoms with Crippen LogP contribution in [0.4, 0.5) is 5.82 Å². The molecule has 2 aromatic carbocycles. The van der Waals surface area contributed by atoms with E-state index in [4.69, 9.17) is 15.5 Å². The fraction of sp³-hybridized carbons (Fsp3) is 0.250. The molecule has 1 fully saturated rings. The number of hydrogen-bond donors (Lipinski definition) is 1. The number of hydrogen-bond acceptors (Lipinski definition) is 5. The second kappa shape index (κ2) is 9.62. The van der Waals surface area contributed by atoms with Crippen LogP contribution in [0, 0.1) is 5.92 Å². The van der Waals surface area contributed by atoms with Crippen molar-refractivity contribution < 1.29 is 9.53 Å². The van der Waals surface area contributed by atoms with Crippen LogP contribution < -0.4 is 10.5 Å². The van der Waals surface area contributed by atoms with E-state index in [1.165, 1.54) is 0 Å². The van der Waals surface area contributed by atoms with Crippen molar-refractivity contribution in [3.63, 3.8) is 0 Å². The van der Waals surface area contributed by atoms with Crippen molar-refractivity contribution in [3.05, 3.63) is 85.0 Å². The number of nitrogens with two attached hydrogens (primary N) is 1. The first kappa shape index (κ1) is 22.7. The van der Waals surface area contributed by atoms with Crippen molar-refractivity contribution in [1.29, 1.82) is 0 Å². The van der Waals surface area contributed by atoms with Crippen molar-refractivity contribution in [2.75, 3.05) is 12.3 Å². The Morgan fingerprint density at radius 3 is 2.60 bits per heavy atom. The number of carbonyl (C=O) groups excluding carboxylic acids is 1. The zero-order valence-electron chi connectivity index (χ0n) is 20.0. The molecular formula is C28H29N5O2. The Balaban J connectivity index is 1.50. The van der Waals surface area contributed by atoms with Crippen LogP contribution in [0.2, 0.25) is 0 Å². The highest BCUT2D eigenvalue weighted by atomic mass is 16.5. The van der Waals surface area contributed by atoms with Crippen LogP contribution >= 0.6 is 0 Å². The van der Waals surface area contributed by atoms with Crippen LogP contribution in [0.5, 0.6) is 11.5 Å². The van der Waals surface area contributed by atoms with Crippen molar-refractivity contribution in [1.82, 2.24) is 19.3 Å². The van der Waals surface area contributed by atoms with Gasteiger partial charge in [0.2, 0.25) is 5.91 Å². The summed E-state index contributed by atoms with van der Waals surface area (Å²) in [4.78, 5) is 24.2. The van der Waals surface area contributed by atoms with Crippen LogP contribution in [0.3, 0.4) is 0 Å². The van der Waals surface area contributed by atoms with Gasteiger partial charge in [0.05, 0.1) is 6.04 Å². The molecule has 1 saturated heterocycles. The number of para-hydroxylation sites is 1. The number of allylic oxidation sites excluding steroid dienone is 1. The predicted molar refractivity (Wildman–Crippen MR) is 137 cm³/mol. The largest absolute Gasteiger partial charge is 0.457 e. The average molecular weight is 468 g/mol. The number of carbonyl (C=O) groups is 1. The number of nitrogens with zero attached hydrogens (tertiary/aromatic N) is 4. The van der Waals surface area contributed by atoms with Gasteiger partial charge in [0.25, 0.3) is 0 Å². The summed E-state index contributed by atoms with van der Waals surface area (Å²) in [6.07, 6.45) is 8.95. The van der Waals surface area contributed by atoms with Gasteiger partial charge in [0.1, 0.15) is 34.4 Å². The number of ether oxygens (including phenoxy) is 1. The third-order valence-electron chi connectivity index (χ3n) is 6.17. The van der Waals surface area contributed by atoms with E-state index >= 15 is 0 Å². The van der Waals surface area contributed by atoms with Gasteiger partial charge >= 0.3 is 0 Å². The molecule has 5 rings (SSSR count). The Hall–Kier alpha value is -4.13. The molecule has 0 saturated carbocycles. The fourth-order valence-electron chi connectivity index (χ4n) is 4.50.